The predicted molar refractivity (Wildman–Crippen MR) is 127 cm³/mol. The summed E-state index contributed by atoms with van der Waals surface area (Å²) in [6.45, 7) is 0.344. The predicted octanol–water partition coefficient (Wildman–Crippen LogP) is 4.23. The molecule has 7 nitrogen and oxygen atoms in total. The molecule has 0 aliphatic heterocycles. The molecule has 0 saturated carbocycles. The summed E-state index contributed by atoms with van der Waals surface area (Å²) in [4.78, 5) is 19.5. The van der Waals surface area contributed by atoms with E-state index in [4.69, 9.17) is 16.3 Å². The van der Waals surface area contributed by atoms with Crippen molar-refractivity contribution in [3.05, 3.63) is 95.3 Å². The highest BCUT2D eigenvalue weighted by atomic mass is 35.5. The first kappa shape index (κ1) is 22.5. The molecule has 1 aromatic heterocycles. The number of hydrogen-bond donors (Lipinski definition) is 1. The van der Waals surface area contributed by atoms with Gasteiger partial charge in [0.25, 0.3) is 5.91 Å². The minimum absolute atomic E-state index is 0.0418. The molecule has 1 N–H and O–H groups in total. The SMILES string of the molecule is COc1ccc(-c2nc(C(=O)N(CCO)Cc3ccccc3)nn2-c2ccc(Cl)cc2)cc1. The largest absolute Gasteiger partial charge is 0.497 e. The van der Waals surface area contributed by atoms with Gasteiger partial charge in [0.15, 0.2) is 5.82 Å². The van der Waals surface area contributed by atoms with Crippen LogP contribution in [0.3, 0.4) is 0 Å². The van der Waals surface area contributed by atoms with Crippen LogP contribution in [0.4, 0.5) is 0 Å². The quantitative estimate of drug-likeness (QED) is 0.424. The number of ether oxygens (including phenoxy) is 1. The summed E-state index contributed by atoms with van der Waals surface area (Å²) in [7, 11) is 1.60. The molecule has 0 fully saturated rings. The lowest BCUT2D eigenvalue weighted by molar-refractivity contribution is 0.0695. The van der Waals surface area contributed by atoms with E-state index in [2.05, 4.69) is 10.1 Å². The Morgan fingerprint density at radius 3 is 2.36 bits per heavy atom. The van der Waals surface area contributed by atoms with Crippen molar-refractivity contribution in [1.29, 1.82) is 0 Å². The van der Waals surface area contributed by atoms with Crippen LogP contribution in [0.25, 0.3) is 17.1 Å². The smallest absolute Gasteiger partial charge is 0.293 e. The van der Waals surface area contributed by atoms with E-state index in [-0.39, 0.29) is 24.9 Å². The summed E-state index contributed by atoms with van der Waals surface area (Å²) in [5.74, 6) is 0.895. The second-order valence-electron chi connectivity index (χ2n) is 7.31. The average molecular weight is 463 g/mol. The summed E-state index contributed by atoms with van der Waals surface area (Å²) in [5, 5.41) is 14.7. The standard InChI is InChI=1S/C25H23ClN4O3/c1-33-22-13-7-19(8-14-22)24-27-23(28-30(24)21-11-9-20(26)10-12-21)25(32)29(15-16-31)17-18-5-3-2-4-6-18/h2-14,31H,15-17H2,1H3. The topological polar surface area (TPSA) is 80.5 Å². The molecule has 0 bridgehead atoms. The van der Waals surface area contributed by atoms with Crippen LogP contribution in [0.2, 0.25) is 5.02 Å². The van der Waals surface area contributed by atoms with E-state index in [1.165, 1.54) is 4.90 Å². The number of aliphatic hydroxyl groups is 1. The number of benzene rings is 3. The molecule has 8 heteroatoms. The van der Waals surface area contributed by atoms with Crippen LogP contribution in [0, 0.1) is 0 Å². The van der Waals surface area contributed by atoms with Crippen molar-refractivity contribution in [2.45, 2.75) is 6.54 Å². The van der Waals surface area contributed by atoms with Crippen LogP contribution >= 0.6 is 11.6 Å². The monoisotopic (exact) mass is 462 g/mol. The summed E-state index contributed by atoms with van der Waals surface area (Å²) >= 11 is 6.05. The van der Waals surface area contributed by atoms with Gasteiger partial charge in [0.2, 0.25) is 5.82 Å². The van der Waals surface area contributed by atoms with Crippen LogP contribution in [0.5, 0.6) is 5.75 Å². The van der Waals surface area contributed by atoms with E-state index in [9.17, 15) is 9.90 Å². The molecule has 1 heterocycles. The maximum absolute atomic E-state index is 13.4. The van der Waals surface area contributed by atoms with E-state index in [1.54, 1.807) is 23.9 Å². The number of methoxy groups -OCH3 is 1. The normalized spacial score (nSPS) is 10.8. The third-order valence-corrected chi connectivity index (χ3v) is 5.34. The number of nitrogens with zero attached hydrogens (tertiary/aromatic N) is 4. The molecule has 0 aliphatic rings. The Bertz CT molecular complexity index is 1210. The Kier molecular flexibility index (Phi) is 7.02. The molecule has 3 aromatic carbocycles. The van der Waals surface area contributed by atoms with E-state index >= 15 is 0 Å². The number of amides is 1. The second kappa shape index (κ2) is 10.3. The fraction of sp³-hybridized carbons (Fsp3) is 0.160. The van der Waals surface area contributed by atoms with E-state index in [0.29, 0.717) is 28.8 Å². The molecule has 0 aliphatic carbocycles. The molecule has 0 saturated heterocycles. The van der Waals surface area contributed by atoms with E-state index in [1.807, 2.05) is 66.7 Å². The van der Waals surface area contributed by atoms with Crippen LogP contribution < -0.4 is 4.74 Å². The summed E-state index contributed by atoms with van der Waals surface area (Å²) < 4.78 is 6.87. The molecule has 0 atom stereocenters. The number of rotatable bonds is 8. The number of carbonyl (C=O) groups is 1. The minimum atomic E-state index is -0.365. The number of carbonyl (C=O) groups excluding carboxylic acids is 1. The Morgan fingerprint density at radius 2 is 1.73 bits per heavy atom. The third-order valence-electron chi connectivity index (χ3n) is 5.09. The van der Waals surface area contributed by atoms with Gasteiger partial charge >= 0.3 is 0 Å². The van der Waals surface area contributed by atoms with Crippen LogP contribution in [0.1, 0.15) is 16.2 Å². The fourth-order valence-electron chi connectivity index (χ4n) is 3.41. The van der Waals surface area contributed by atoms with Crippen molar-refractivity contribution in [1.82, 2.24) is 19.7 Å². The Hall–Kier alpha value is -3.68. The summed E-state index contributed by atoms with van der Waals surface area (Å²) in [6.07, 6.45) is 0. The van der Waals surface area contributed by atoms with Crippen molar-refractivity contribution >= 4 is 17.5 Å². The van der Waals surface area contributed by atoms with Gasteiger partial charge in [0, 0.05) is 23.7 Å². The van der Waals surface area contributed by atoms with Crippen molar-refractivity contribution in [2.75, 3.05) is 20.3 Å². The maximum Gasteiger partial charge on any atom is 0.293 e. The van der Waals surface area contributed by atoms with Gasteiger partial charge in [0.05, 0.1) is 19.4 Å². The first-order valence-electron chi connectivity index (χ1n) is 10.4. The lowest BCUT2D eigenvalue weighted by Crippen LogP contribution is -2.33. The fourth-order valence-corrected chi connectivity index (χ4v) is 3.54. The molecule has 33 heavy (non-hydrogen) atoms. The van der Waals surface area contributed by atoms with Gasteiger partial charge in [-0.2, -0.15) is 0 Å². The molecular weight excluding hydrogens is 440 g/mol. The van der Waals surface area contributed by atoms with Crippen LogP contribution in [0.15, 0.2) is 78.9 Å². The zero-order valence-corrected chi connectivity index (χ0v) is 18.8. The molecule has 0 spiro atoms. The molecule has 1 amide bonds. The van der Waals surface area contributed by atoms with E-state index in [0.717, 1.165) is 11.1 Å². The van der Waals surface area contributed by atoms with Crippen molar-refractivity contribution in [2.24, 2.45) is 0 Å². The number of hydrogen-bond acceptors (Lipinski definition) is 5. The number of halogens is 1. The Morgan fingerprint density at radius 1 is 1.03 bits per heavy atom. The van der Waals surface area contributed by atoms with Crippen molar-refractivity contribution < 1.29 is 14.6 Å². The molecular formula is C25H23ClN4O3. The molecule has 0 radical (unpaired) electrons. The van der Waals surface area contributed by atoms with Gasteiger partial charge in [-0.25, -0.2) is 9.67 Å². The molecule has 4 rings (SSSR count). The van der Waals surface area contributed by atoms with Crippen LogP contribution in [-0.2, 0) is 6.54 Å². The highest BCUT2D eigenvalue weighted by Crippen LogP contribution is 2.25. The lowest BCUT2D eigenvalue weighted by atomic mass is 10.2. The van der Waals surface area contributed by atoms with Crippen LogP contribution in [-0.4, -0.2) is 50.9 Å². The summed E-state index contributed by atoms with van der Waals surface area (Å²) in [6, 6.07) is 24.1. The van der Waals surface area contributed by atoms with Gasteiger partial charge in [-0.3, -0.25) is 4.79 Å². The highest BCUT2D eigenvalue weighted by Gasteiger charge is 2.23. The zero-order valence-electron chi connectivity index (χ0n) is 18.1. The van der Waals surface area contributed by atoms with Gasteiger partial charge in [-0.05, 0) is 54.1 Å². The second-order valence-corrected chi connectivity index (χ2v) is 7.75. The minimum Gasteiger partial charge on any atom is -0.497 e. The first-order valence-corrected chi connectivity index (χ1v) is 10.8. The molecule has 0 unspecified atom stereocenters. The first-order chi connectivity index (χ1) is 16.1. The van der Waals surface area contributed by atoms with Crippen molar-refractivity contribution in [3.8, 4) is 22.8 Å². The Labute approximate surface area is 196 Å². The van der Waals surface area contributed by atoms with Gasteiger partial charge in [-0.15, -0.1) is 5.10 Å². The van der Waals surface area contributed by atoms with Gasteiger partial charge in [0.1, 0.15) is 5.75 Å². The zero-order chi connectivity index (χ0) is 23.2. The third kappa shape index (κ3) is 5.22. The molecule has 168 valence electrons. The highest BCUT2D eigenvalue weighted by molar-refractivity contribution is 6.30. The average Bonchev–Trinajstić information content (AvgIpc) is 3.30. The molecule has 4 aromatic rings. The number of aromatic nitrogens is 3. The lowest BCUT2D eigenvalue weighted by Gasteiger charge is -2.20. The van der Waals surface area contributed by atoms with Gasteiger partial charge < -0.3 is 14.7 Å². The maximum atomic E-state index is 13.4. The van der Waals surface area contributed by atoms with E-state index < -0.39 is 0 Å². The number of aliphatic hydroxyl groups excluding tert-OH is 1. The Balaban J connectivity index is 1.74. The summed E-state index contributed by atoms with van der Waals surface area (Å²) in [5.41, 5.74) is 2.44. The van der Waals surface area contributed by atoms with Crippen molar-refractivity contribution in [3.63, 3.8) is 0 Å². The van der Waals surface area contributed by atoms with Gasteiger partial charge in [-0.1, -0.05) is 41.9 Å².